The van der Waals surface area contributed by atoms with E-state index in [1.54, 1.807) is 5.38 Å². The lowest BCUT2D eigenvalue weighted by molar-refractivity contribution is -0.00522. The highest BCUT2D eigenvalue weighted by atomic mass is 35.5. The molecule has 2 rings (SSSR count). The zero-order chi connectivity index (χ0) is 12.4. The Bertz CT molecular complexity index is 400. The molecule has 2 unspecified atom stereocenters. The standard InChI is InChI=1S/C11H15ClN2O2S/c1-7-4-14(5-8(2)16-7)11-13-9(6-17-11)10(15)3-12/h6-8H,3-5H2,1-2H3. The number of rotatable bonds is 3. The first-order valence-corrected chi connectivity index (χ1v) is 6.96. The Hall–Kier alpha value is -0.650. The van der Waals surface area contributed by atoms with Crippen molar-refractivity contribution < 1.29 is 9.53 Å². The summed E-state index contributed by atoms with van der Waals surface area (Å²) in [4.78, 5) is 17.9. The number of anilines is 1. The maximum atomic E-state index is 11.4. The van der Waals surface area contributed by atoms with Gasteiger partial charge in [0.05, 0.1) is 18.1 Å². The fourth-order valence-electron chi connectivity index (χ4n) is 1.94. The molecule has 0 aromatic carbocycles. The molecule has 2 atom stereocenters. The minimum atomic E-state index is -0.122. The lowest BCUT2D eigenvalue weighted by Crippen LogP contribution is -2.45. The Kier molecular flexibility index (Phi) is 4.01. The van der Waals surface area contributed by atoms with Crippen molar-refractivity contribution in [3.63, 3.8) is 0 Å². The molecule has 6 heteroatoms. The number of carbonyl (C=O) groups excluding carboxylic acids is 1. The fourth-order valence-corrected chi connectivity index (χ4v) is 2.93. The molecule has 1 aliphatic heterocycles. The molecular weight excluding hydrogens is 260 g/mol. The van der Waals surface area contributed by atoms with Crippen molar-refractivity contribution in [3.05, 3.63) is 11.1 Å². The molecule has 0 spiro atoms. The number of alkyl halides is 1. The topological polar surface area (TPSA) is 42.4 Å². The van der Waals surface area contributed by atoms with Crippen LogP contribution in [0.4, 0.5) is 5.13 Å². The first-order valence-electron chi connectivity index (χ1n) is 5.55. The second-order valence-electron chi connectivity index (χ2n) is 4.23. The third kappa shape index (κ3) is 2.97. The maximum absolute atomic E-state index is 11.4. The summed E-state index contributed by atoms with van der Waals surface area (Å²) >= 11 is 6.99. The molecular formula is C11H15ClN2O2S. The third-order valence-corrected chi connectivity index (χ3v) is 3.73. The van der Waals surface area contributed by atoms with Crippen molar-refractivity contribution >= 4 is 33.9 Å². The van der Waals surface area contributed by atoms with Gasteiger partial charge < -0.3 is 9.64 Å². The van der Waals surface area contributed by atoms with Crippen molar-refractivity contribution in [1.29, 1.82) is 0 Å². The molecule has 1 aromatic heterocycles. The zero-order valence-electron chi connectivity index (χ0n) is 9.85. The second-order valence-corrected chi connectivity index (χ2v) is 5.34. The molecule has 0 bridgehead atoms. The zero-order valence-corrected chi connectivity index (χ0v) is 11.4. The van der Waals surface area contributed by atoms with Gasteiger partial charge in [-0.2, -0.15) is 0 Å². The first kappa shape index (κ1) is 12.8. The van der Waals surface area contributed by atoms with Crippen LogP contribution in [0, 0.1) is 0 Å². The third-order valence-electron chi connectivity index (χ3n) is 2.59. The predicted molar refractivity (Wildman–Crippen MR) is 69.4 cm³/mol. The summed E-state index contributed by atoms with van der Waals surface area (Å²) in [6, 6.07) is 0. The summed E-state index contributed by atoms with van der Waals surface area (Å²) in [6.45, 7) is 5.71. The van der Waals surface area contributed by atoms with Crippen LogP contribution in [0.5, 0.6) is 0 Å². The number of Topliss-reactive ketones (excluding diaryl/α,β-unsaturated/α-hetero) is 1. The van der Waals surface area contributed by atoms with Crippen LogP contribution < -0.4 is 4.90 Å². The van der Waals surface area contributed by atoms with Crippen LogP contribution in [0.25, 0.3) is 0 Å². The van der Waals surface area contributed by atoms with Crippen LogP contribution in [-0.4, -0.2) is 41.9 Å². The molecule has 1 aliphatic rings. The molecule has 0 aliphatic carbocycles. The highest BCUT2D eigenvalue weighted by Gasteiger charge is 2.24. The minimum Gasteiger partial charge on any atom is -0.372 e. The van der Waals surface area contributed by atoms with Crippen LogP contribution in [-0.2, 0) is 4.74 Å². The van der Waals surface area contributed by atoms with Gasteiger partial charge in [-0.15, -0.1) is 22.9 Å². The summed E-state index contributed by atoms with van der Waals surface area (Å²) in [7, 11) is 0. The average molecular weight is 275 g/mol. The number of aromatic nitrogens is 1. The number of hydrogen-bond donors (Lipinski definition) is 0. The van der Waals surface area contributed by atoms with Gasteiger partial charge in [-0.3, -0.25) is 4.79 Å². The molecule has 1 fully saturated rings. The van der Waals surface area contributed by atoms with E-state index in [2.05, 4.69) is 9.88 Å². The molecule has 0 N–H and O–H groups in total. The van der Waals surface area contributed by atoms with Gasteiger partial charge in [-0.05, 0) is 13.8 Å². The molecule has 0 saturated carbocycles. The summed E-state index contributed by atoms with van der Waals surface area (Å²) < 4.78 is 5.66. The van der Waals surface area contributed by atoms with Gasteiger partial charge in [0.25, 0.3) is 0 Å². The van der Waals surface area contributed by atoms with E-state index in [1.807, 2.05) is 13.8 Å². The largest absolute Gasteiger partial charge is 0.372 e. The van der Waals surface area contributed by atoms with Gasteiger partial charge >= 0.3 is 0 Å². The van der Waals surface area contributed by atoms with E-state index in [0.717, 1.165) is 18.2 Å². The van der Waals surface area contributed by atoms with Crippen LogP contribution in [0.3, 0.4) is 0 Å². The number of hydrogen-bond acceptors (Lipinski definition) is 5. The quantitative estimate of drug-likeness (QED) is 0.626. The van der Waals surface area contributed by atoms with E-state index in [9.17, 15) is 4.79 Å². The molecule has 4 nitrogen and oxygen atoms in total. The number of ether oxygens (including phenoxy) is 1. The van der Waals surface area contributed by atoms with E-state index < -0.39 is 0 Å². The van der Waals surface area contributed by atoms with Crippen molar-refractivity contribution in [1.82, 2.24) is 4.98 Å². The Labute approximate surface area is 110 Å². The van der Waals surface area contributed by atoms with Crippen LogP contribution in [0.15, 0.2) is 5.38 Å². The second kappa shape index (κ2) is 5.33. The van der Waals surface area contributed by atoms with Gasteiger partial charge in [0.1, 0.15) is 5.69 Å². The number of morpholine rings is 1. The number of halogens is 1. The maximum Gasteiger partial charge on any atom is 0.196 e. The van der Waals surface area contributed by atoms with Gasteiger partial charge in [0.15, 0.2) is 10.9 Å². The van der Waals surface area contributed by atoms with Gasteiger partial charge in [-0.25, -0.2) is 4.98 Å². The van der Waals surface area contributed by atoms with Crippen LogP contribution in [0.1, 0.15) is 24.3 Å². The molecule has 0 radical (unpaired) electrons. The number of nitrogens with zero attached hydrogens (tertiary/aromatic N) is 2. The smallest absolute Gasteiger partial charge is 0.196 e. The van der Waals surface area contributed by atoms with Gasteiger partial charge in [-0.1, -0.05) is 0 Å². The molecule has 94 valence electrons. The van der Waals surface area contributed by atoms with Crippen LogP contribution >= 0.6 is 22.9 Å². The lowest BCUT2D eigenvalue weighted by Gasteiger charge is -2.35. The molecule has 0 amide bonds. The van der Waals surface area contributed by atoms with Gasteiger partial charge in [0.2, 0.25) is 0 Å². The van der Waals surface area contributed by atoms with E-state index >= 15 is 0 Å². The number of carbonyl (C=O) groups is 1. The van der Waals surface area contributed by atoms with E-state index in [4.69, 9.17) is 16.3 Å². The highest BCUT2D eigenvalue weighted by molar-refractivity contribution is 7.14. The normalized spacial score (nSPS) is 25.0. The van der Waals surface area contributed by atoms with Crippen molar-refractivity contribution in [2.45, 2.75) is 26.1 Å². The van der Waals surface area contributed by atoms with Crippen molar-refractivity contribution in [2.75, 3.05) is 23.9 Å². The number of ketones is 1. The summed E-state index contributed by atoms with van der Waals surface area (Å²) in [5.41, 5.74) is 0.465. The Morgan fingerprint density at radius 1 is 1.59 bits per heavy atom. The van der Waals surface area contributed by atoms with Crippen molar-refractivity contribution in [3.8, 4) is 0 Å². The van der Waals surface area contributed by atoms with Crippen LogP contribution in [0.2, 0.25) is 0 Å². The summed E-state index contributed by atoms with van der Waals surface area (Å²) in [5, 5.41) is 2.64. The summed E-state index contributed by atoms with van der Waals surface area (Å²) in [6.07, 6.45) is 0.379. The SMILES string of the molecule is CC1CN(c2nc(C(=O)CCl)cs2)CC(C)O1. The van der Waals surface area contributed by atoms with Crippen molar-refractivity contribution in [2.24, 2.45) is 0 Å². The predicted octanol–water partition coefficient (Wildman–Crippen LogP) is 2.18. The highest BCUT2D eigenvalue weighted by Crippen LogP contribution is 2.24. The summed E-state index contributed by atoms with van der Waals surface area (Å²) in [5.74, 6) is -0.137. The van der Waals surface area contributed by atoms with E-state index in [1.165, 1.54) is 11.3 Å². The van der Waals surface area contributed by atoms with Gasteiger partial charge in [0, 0.05) is 18.5 Å². The minimum absolute atomic E-state index is 0.0148. The molecule has 2 heterocycles. The first-order chi connectivity index (χ1) is 8.10. The Morgan fingerprint density at radius 2 is 2.24 bits per heavy atom. The molecule has 1 saturated heterocycles. The molecule has 1 aromatic rings. The Balaban J connectivity index is 2.11. The van der Waals surface area contributed by atoms with E-state index in [0.29, 0.717) is 5.69 Å². The molecule has 17 heavy (non-hydrogen) atoms. The van der Waals surface area contributed by atoms with E-state index in [-0.39, 0.29) is 23.9 Å². The average Bonchev–Trinajstić information content (AvgIpc) is 2.76. The monoisotopic (exact) mass is 274 g/mol. The lowest BCUT2D eigenvalue weighted by atomic mass is 10.2. The fraction of sp³-hybridized carbons (Fsp3) is 0.636. The Morgan fingerprint density at radius 3 is 2.82 bits per heavy atom. The number of thiazole rings is 1.